The third-order valence-electron chi connectivity index (χ3n) is 10.0. The highest BCUT2D eigenvalue weighted by Crippen LogP contribution is 2.51. The number of anilines is 1. The fraction of sp³-hybridized carbons (Fsp3) is 0.297. The Hall–Kier alpha value is -5.24. The van der Waals surface area contributed by atoms with Crippen LogP contribution in [0.5, 0.6) is 0 Å². The van der Waals surface area contributed by atoms with Gasteiger partial charge in [-0.05, 0) is 85.4 Å². The van der Waals surface area contributed by atoms with Crippen molar-refractivity contribution in [2.45, 2.75) is 63.7 Å². The van der Waals surface area contributed by atoms with E-state index in [4.69, 9.17) is 9.40 Å². The van der Waals surface area contributed by atoms with Crippen molar-refractivity contribution in [2.75, 3.05) is 11.9 Å². The van der Waals surface area contributed by atoms with Crippen molar-refractivity contribution in [1.29, 1.82) is 0 Å². The summed E-state index contributed by atoms with van der Waals surface area (Å²) in [6.07, 6.45) is 1.81. The summed E-state index contributed by atoms with van der Waals surface area (Å²) in [4.78, 5) is 31.0. The van der Waals surface area contributed by atoms with Crippen molar-refractivity contribution >= 4 is 33.1 Å². The number of thiophene rings is 1. The Morgan fingerprint density at radius 3 is 2.59 bits per heavy atom. The van der Waals surface area contributed by atoms with E-state index in [1.54, 1.807) is 25.3 Å². The number of nitrogens with one attached hydrogen (secondary N) is 1. The van der Waals surface area contributed by atoms with Crippen LogP contribution in [0.15, 0.2) is 59.3 Å². The average molecular weight is 712 g/mol. The van der Waals surface area contributed by atoms with E-state index in [2.05, 4.69) is 25.5 Å². The number of benzene rings is 1. The second kappa shape index (κ2) is 11.9. The molecule has 2 atom stereocenters. The van der Waals surface area contributed by atoms with Gasteiger partial charge in [-0.3, -0.25) is 14.8 Å². The standard InChI is InChI=1S/C37H29F4N7O2S/c1-18-46-47-35(50-18)28-24(10-6-19-4-7-21(38)8-5-19)44-32-26-3-2-16-48(26)36(49)30(32)29(28)27-17-20-12-14-43-34(33(20)51-27)45-25-11-9-22-23(37(39,40)41)13-15-42-31(22)25/h4-5,7-8,12-15,17,25-26H,2-3,6,9-11,16H2,1H3,(H,43,45). The Morgan fingerprint density at radius 2 is 1.80 bits per heavy atom. The molecule has 14 heteroatoms. The number of amides is 1. The molecule has 7 heterocycles. The van der Waals surface area contributed by atoms with E-state index in [1.165, 1.54) is 29.7 Å². The SMILES string of the molecule is Cc1nnc(-c2c(CCc3ccc(F)cc3)nc3c(c2-c2cc4ccnc(NC5CCc6c(C(F)(F)F)ccnc65)c4s2)C(=O)N2CCCC32)o1. The molecular formula is C37H29F4N7O2S. The number of alkyl halides is 3. The molecule has 1 amide bonds. The monoisotopic (exact) mass is 711 g/mol. The summed E-state index contributed by atoms with van der Waals surface area (Å²) in [5.41, 5.74) is 4.03. The first-order valence-corrected chi connectivity index (χ1v) is 17.6. The van der Waals surface area contributed by atoms with E-state index < -0.39 is 17.8 Å². The van der Waals surface area contributed by atoms with E-state index in [0.29, 0.717) is 65.6 Å². The molecule has 0 radical (unpaired) electrons. The highest BCUT2D eigenvalue weighted by atomic mass is 32.1. The van der Waals surface area contributed by atoms with Gasteiger partial charge in [0.1, 0.15) is 11.6 Å². The number of hydrogen-bond acceptors (Lipinski definition) is 9. The third kappa shape index (κ3) is 5.34. The molecule has 9 rings (SSSR count). The number of pyridine rings is 3. The van der Waals surface area contributed by atoms with Crippen LogP contribution in [0, 0.1) is 12.7 Å². The van der Waals surface area contributed by atoms with Crippen LogP contribution in [0.25, 0.3) is 32.0 Å². The van der Waals surface area contributed by atoms with Gasteiger partial charge in [0.2, 0.25) is 11.8 Å². The molecule has 3 aliphatic rings. The quantitative estimate of drug-likeness (QED) is 0.164. The molecule has 2 aliphatic heterocycles. The first-order chi connectivity index (χ1) is 24.6. The molecular weight excluding hydrogens is 683 g/mol. The fourth-order valence-corrected chi connectivity index (χ4v) is 8.94. The molecule has 5 aromatic heterocycles. The van der Waals surface area contributed by atoms with Crippen LogP contribution in [-0.4, -0.2) is 42.5 Å². The Bertz CT molecular complexity index is 2350. The summed E-state index contributed by atoms with van der Waals surface area (Å²) in [6, 6.07) is 10.7. The largest absolute Gasteiger partial charge is 0.421 e. The lowest BCUT2D eigenvalue weighted by Gasteiger charge is -2.16. The van der Waals surface area contributed by atoms with Crippen LogP contribution in [0.1, 0.15) is 81.4 Å². The second-order valence-corrected chi connectivity index (χ2v) is 14.2. The zero-order valence-corrected chi connectivity index (χ0v) is 28.0. The zero-order valence-electron chi connectivity index (χ0n) is 27.2. The maximum Gasteiger partial charge on any atom is 0.416 e. The summed E-state index contributed by atoms with van der Waals surface area (Å²) in [7, 11) is 0. The van der Waals surface area contributed by atoms with Crippen LogP contribution in [0.4, 0.5) is 23.4 Å². The number of aryl methyl sites for hydroxylation is 3. The Kier molecular flexibility index (Phi) is 7.42. The minimum Gasteiger partial charge on any atom is -0.421 e. The first-order valence-electron chi connectivity index (χ1n) is 16.8. The minimum absolute atomic E-state index is 0.0967. The second-order valence-electron chi connectivity index (χ2n) is 13.1. The zero-order chi connectivity index (χ0) is 35.0. The van der Waals surface area contributed by atoms with Gasteiger partial charge in [0.05, 0.1) is 50.6 Å². The number of carbonyl (C=O) groups is 1. The van der Waals surface area contributed by atoms with E-state index in [-0.39, 0.29) is 35.6 Å². The van der Waals surface area contributed by atoms with Crippen LogP contribution in [0.3, 0.4) is 0 Å². The predicted octanol–water partition coefficient (Wildman–Crippen LogP) is 8.44. The summed E-state index contributed by atoms with van der Waals surface area (Å²) in [5, 5.41) is 12.8. The van der Waals surface area contributed by atoms with Gasteiger partial charge in [-0.2, -0.15) is 13.2 Å². The summed E-state index contributed by atoms with van der Waals surface area (Å²) < 4.78 is 61.9. The number of nitrogens with zero attached hydrogens (tertiary/aromatic N) is 6. The molecule has 1 N–H and O–H groups in total. The lowest BCUT2D eigenvalue weighted by Crippen LogP contribution is -2.22. The molecule has 1 saturated heterocycles. The van der Waals surface area contributed by atoms with Crippen molar-refractivity contribution < 1.29 is 26.8 Å². The van der Waals surface area contributed by atoms with Crippen LogP contribution in [-0.2, 0) is 25.4 Å². The lowest BCUT2D eigenvalue weighted by molar-refractivity contribution is -0.138. The number of carbonyl (C=O) groups excluding carboxylic acids is 1. The van der Waals surface area contributed by atoms with Gasteiger partial charge in [-0.1, -0.05) is 12.1 Å². The Morgan fingerprint density at radius 1 is 0.980 bits per heavy atom. The van der Waals surface area contributed by atoms with Crippen LogP contribution in [0.2, 0.25) is 0 Å². The average Bonchev–Trinajstić information content (AvgIpc) is 3.95. The van der Waals surface area contributed by atoms with Crippen molar-refractivity contribution in [3.05, 3.63) is 106 Å². The van der Waals surface area contributed by atoms with Gasteiger partial charge < -0.3 is 14.6 Å². The predicted molar refractivity (Wildman–Crippen MR) is 182 cm³/mol. The molecule has 1 aliphatic carbocycles. The molecule has 2 unspecified atom stereocenters. The molecule has 9 nitrogen and oxygen atoms in total. The van der Waals surface area contributed by atoms with Crippen LogP contribution >= 0.6 is 11.3 Å². The first kappa shape index (κ1) is 31.7. The van der Waals surface area contributed by atoms with Crippen molar-refractivity contribution in [3.8, 4) is 21.9 Å². The third-order valence-corrected chi connectivity index (χ3v) is 11.2. The minimum atomic E-state index is -4.47. The van der Waals surface area contributed by atoms with Gasteiger partial charge in [0.25, 0.3) is 5.91 Å². The van der Waals surface area contributed by atoms with Gasteiger partial charge in [-0.25, -0.2) is 9.37 Å². The van der Waals surface area contributed by atoms with E-state index >= 15 is 0 Å². The normalized spacial score (nSPS) is 18.1. The summed E-state index contributed by atoms with van der Waals surface area (Å²) in [5.74, 6) is 0.714. The van der Waals surface area contributed by atoms with Crippen LogP contribution < -0.4 is 5.32 Å². The fourth-order valence-electron chi connectivity index (χ4n) is 7.78. The highest BCUT2D eigenvalue weighted by molar-refractivity contribution is 7.23. The number of rotatable bonds is 7. The van der Waals surface area contributed by atoms with E-state index in [9.17, 15) is 22.4 Å². The molecule has 6 aromatic rings. The smallest absolute Gasteiger partial charge is 0.416 e. The molecule has 0 bridgehead atoms. The molecule has 1 aromatic carbocycles. The van der Waals surface area contributed by atoms with Gasteiger partial charge in [0, 0.05) is 36.3 Å². The topological polar surface area (TPSA) is 110 Å². The summed E-state index contributed by atoms with van der Waals surface area (Å²) >= 11 is 1.43. The number of aromatic nitrogens is 5. The molecule has 1 fully saturated rings. The van der Waals surface area contributed by atoms with Crippen molar-refractivity contribution in [1.82, 2.24) is 30.0 Å². The Labute approximate surface area is 292 Å². The lowest BCUT2D eigenvalue weighted by atomic mass is 9.93. The van der Waals surface area contributed by atoms with Crippen molar-refractivity contribution in [3.63, 3.8) is 0 Å². The van der Waals surface area contributed by atoms with E-state index in [1.807, 2.05) is 17.0 Å². The molecule has 51 heavy (non-hydrogen) atoms. The van der Waals surface area contributed by atoms with Gasteiger partial charge in [0.15, 0.2) is 0 Å². The number of halogens is 4. The maximum atomic E-state index is 14.2. The van der Waals surface area contributed by atoms with Gasteiger partial charge >= 0.3 is 6.18 Å². The molecule has 0 saturated carbocycles. The maximum absolute atomic E-state index is 14.2. The highest BCUT2D eigenvalue weighted by Gasteiger charge is 2.45. The molecule has 0 spiro atoms. The Balaban J connectivity index is 1.19. The number of hydrogen-bond donors (Lipinski definition) is 1. The number of fused-ring (bicyclic) bond motifs is 5. The molecule has 258 valence electrons. The van der Waals surface area contributed by atoms with E-state index in [0.717, 1.165) is 45.1 Å². The summed E-state index contributed by atoms with van der Waals surface area (Å²) in [6.45, 7) is 2.34. The van der Waals surface area contributed by atoms with Crippen molar-refractivity contribution in [2.24, 2.45) is 0 Å². The van der Waals surface area contributed by atoms with Gasteiger partial charge in [-0.15, -0.1) is 21.5 Å².